The van der Waals surface area contributed by atoms with Gasteiger partial charge >= 0.3 is 0 Å². The highest BCUT2D eigenvalue weighted by Gasteiger charge is 2.40. The number of halogens is 2. The van der Waals surface area contributed by atoms with Gasteiger partial charge < -0.3 is 9.84 Å². The fourth-order valence-electron chi connectivity index (χ4n) is 1.67. The van der Waals surface area contributed by atoms with E-state index in [1.165, 1.54) is 7.11 Å². The lowest BCUT2D eigenvalue weighted by Gasteiger charge is -2.26. The maximum Gasteiger partial charge on any atom is 0.279 e. The highest BCUT2D eigenvalue weighted by Crippen LogP contribution is 2.32. The highest BCUT2D eigenvalue weighted by atomic mass is 19.3. The maximum atomic E-state index is 13.5. The summed E-state index contributed by atoms with van der Waals surface area (Å²) in [4.78, 5) is 0. The second-order valence-electron chi connectivity index (χ2n) is 3.61. The molecule has 4 heteroatoms. The first-order valence-electron chi connectivity index (χ1n) is 4.96. The number of rotatable bonds is 5. The second kappa shape index (κ2) is 5.37. The van der Waals surface area contributed by atoms with Gasteiger partial charge in [0.1, 0.15) is 6.61 Å². The Hall–Kier alpha value is -0.740. The lowest BCUT2D eigenvalue weighted by molar-refractivity contribution is -0.107. The molecule has 0 bridgehead atoms. The van der Waals surface area contributed by atoms with Crippen LogP contribution in [0.3, 0.4) is 0 Å². The zero-order valence-electron chi connectivity index (χ0n) is 8.75. The van der Waals surface area contributed by atoms with Crippen molar-refractivity contribution < 1.29 is 18.6 Å². The summed E-state index contributed by atoms with van der Waals surface area (Å²) in [5.74, 6) is -4.18. The summed E-state index contributed by atoms with van der Waals surface area (Å²) >= 11 is 0. The molecule has 0 aromatic rings. The van der Waals surface area contributed by atoms with Crippen molar-refractivity contribution in [3.05, 3.63) is 23.8 Å². The number of aliphatic hydroxyl groups excluding tert-OH is 1. The Bertz CT molecular complexity index is 259. The van der Waals surface area contributed by atoms with Gasteiger partial charge in [-0.25, -0.2) is 8.78 Å². The Labute approximate surface area is 88.2 Å². The van der Waals surface area contributed by atoms with Crippen LogP contribution in [-0.4, -0.2) is 31.4 Å². The molecule has 1 aliphatic carbocycles. The van der Waals surface area contributed by atoms with Crippen LogP contribution in [0.5, 0.6) is 0 Å². The molecule has 0 heterocycles. The fraction of sp³-hybridized carbons (Fsp3) is 0.636. The van der Waals surface area contributed by atoms with Crippen molar-refractivity contribution in [3.63, 3.8) is 0 Å². The van der Waals surface area contributed by atoms with Crippen molar-refractivity contribution in [3.8, 4) is 0 Å². The molecular formula is C11H16F2O2. The van der Waals surface area contributed by atoms with E-state index in [2.05, 4.69) is 4.74 Å². The van der Waals surface area contributed by atoms with Crippen LogP contribution in [0.1, 0.15) is 12.8 Å². The molecule has 1 rings (SSSR count). The topological polar surface area (TPSA) is 29.5 Å². The molecule has 86 valence electrons. The van der Waals surface area contributed by atoms with E-state index < -0.39 is 25.1 Å². The predicted octanol–water partition coefficient (Wildman–Crippen LogP) is 2.15. The Morgan fingerprint density at radius 1 is 1.53 bits per heavy atom. The van der Waals surface area contributed by atoms with Gasteiger partial charge in [0.25, 0.3) is 5.92 Å². The van der Waals surface area contributed by atoms with Crippen molar-refractivity contribution in [2.45, 2.75) is 18.8 Å². The van der Waals surface area contributed by atoms with E-state index in [9.17, 15) is 8.78 Å². The van der Waals surface area contributed by atoms with Crippen molar-refractivity contribution >= 4 is 0 Å². The molecule has 0 aromatic carbocycles. The van der Waals surface area contributed by atoms with E-state index in [0.29, 0.717) is 5.57 Å². The highest BCUT2D eigenvalue weighted by molar-refractivity contribution is 5.26. The lowest BCUT2D eigenvalue weighted by atomic mass is 9.89. The third-order valence-corrected chi connectivity index (χ3v) is 2.46. The molecule has 0 saturated heterocycles. The van der Waals surface area contributed by atoms with Crippen molar-refractivity contribution in [2.24, 2.45) is 5.92 Å². The van der Waals surface area contributed by atoms with Gasteiger partial charge in [-0.3, -0.25) is 0 Å². The Morgan fingerprint density at radius 2 is 2.27 bits per heavy atom. The maximum absolute atomic E-state index is 13.5. The summed E-state index contributed by atoms with van der Waals surface area (Å²) in [6.07, 6.45) is 6.89. The molecule has 15 heavy (non-hydrogen) atoms. The standard InChI is InChI=1S/C11H16F2O2/c1-15-8-11(12,13)10(7-14)9-5-3-2-4-6-9/h3,5-6,10,14H,2,4,7-8H2,1H3. The molecule has 1 atom stereocenters. The average molecular weight is 218 g/mol. The summed E-state index contributed by atoms with van der Waals surface area (Å²) in [6, 6.07) is 0. The van der Waals surface area contributed by atoms with Crippen LogP contribution in [0.25, 0.3) is 0 Å². The largest absolute Gasteiger partial charge is 0.396 e. The van der Waals surface area contributed by atoms with E-state index in [0.717, 1.165) is 12.8 Å². The number of alkyl halides is 2. The van der Waals surface area contributed by atoms with Crippen molar-refractivity contribution in [1.29, 1.82) is 0 Å². The quantitative estimate of drug-likeness (QED) is 0.766. The molecule has 0 aromatic heterocycles. The minimum absolute atomic E-state index is 0.505. The third kappa shape index (κ3) is 3.11. The van der Waals surface area contributed by atoms with E-state index >= 15 is 0 Å². The zero-order chi connectivity index (χ0) is 11.3. The number of hydrogen-bond acceptors (Lipinski definition) is 2. The monoisotopic (exact) mass is 218 g/mol. The molecule has 0 fully saturated rings. The van der Waals surface area contributed by atoms with E-state index in [1.807, 2.05) is 6.08 Å². The zero-order valence-corrected chi connectivity index (χ0v) is 8.75. The van der Waals surface area contributed by atoms with Crippen LogP contribution in [0.15, 0.2) is 23.8 Å². The van der Waals surface area contributed by atoms with Gasteiger partial charge in [-0.1, -0.05) is 18.2 Å². The second-order valence-corrected chi connectivity index (χ2v) is 3.61. The van der Waals surface area contributed by atoms with Gasteiger partial charge in [-0.2, -0.15) is 0 Å². The van der Waals surface area contributed by atoms with E-state index in [1.54, 1.807) is 12.2 Å². The molecule has 0 amide bonds. The summed E-state index contributed by atoms with van der Waals surface area (Å²) in [7, 11) is 1.23. The average Bonchev–Trinajstić information content (AvgIpc) is 2.19. The summed E-state index contributed by atoms with van der Waals surface area (Å²) < 4.78 is 31.5. The van der Waals surface area contributed by atoms with Gasteiger partial charge in [0, 0.05) is 7.11 Å². The first-order valence-corrected chi connectivity index (χ1v) is 4.96. The van der Waals surface area contributed by atoms with Gasteiger partial charge in [0.15, 0.2) is 0 Å². The molecule has 1 N–H and O–H groups in total. The minimum atomic E-state index is -3.02. The molecule has 0 saturated carbocycles. The fourth-order valence-corrected chi connectivity index (χ4v) is 1.67. The van der Waals surface area contributed by atoms with Gasteiger partial charge in [-0.15, -0.1) is 0 Å². The molecule has 0 radical (unpaired) electrons. The number of ether oxygens (including phenoxy) is 1. The van der Waals surface area contributed by atoms with Gasteiger partial charge in [0.2, 0.25) is 0 Å². The predicted molar refractivity (Wildman–Crippen MR) is 53.9 cm³/mol. The first-order chi connectivity index (χ1) is 7.11. The normalized spacial score (nSPS) is 18.8. The van der Waals surface area contributed by atoms with Crippen LogP contribution in [-0.2, 0) is 4.74 Å². The van der Waals surface area contributed by atoms with Crippen LogP contribution in [0, 0.1) is 5.92 Å². The Balaban J connectivity index is 2.78. The van der Waals surface area contributed by atoms with Gasteiger partial charge in [-0.05, 0) is 18.4 Å². The first kappa shape index (κ1) is 12.3. The van der Waals surface area contributed by atoms with Crippen molar-refractivity contribution in [1.82, 2.24) is 0 Å². The molecule has 0 aliphatic heterocycles. The third-order valence-electron chi connectivity index (χ3n) is 2.46. The smallest absolute Gasteiger partial charge is 0.279 e. The summed E-state index contributed by atoms with van der Waals surface area (Å²) in [5.41, 5.74) is 0.505. The molecule has 1 unspecified atom stereocenters. The summed E-state index contributed by atoms with van der Waals surface area (Å²) in [6.45, 7) is -1.23. The Kier molecular flexibility index (Phi) is 4.42. The number of allylic oxidation sites excluding steroid dienone is 3. The lowest BCUT2D eigenvalue weighted by Crippen LogP contribution is -2.36. The molecule has 1 aliphatic rings. The molecular weight excluding hydrogens is 202 g/mol. The number of aliphatic hydroxyl groups is 1. The number of hydrogen-bond donors (Lipinski definition) is 1. The Morgan fingerprint density at radius 3 is 2.73 bits per heavy atom. The molecule has 2 nitrogen and oxygen atoms in total. The van der Waals surface area contributed by atoms with E-state index in [-0.39, 0.29) is 0 Å². The van der Waals surface area contributed by atoms with Gasteiger partial charge in [0.05, 0.1) is 12.5 Å². The van der Waals surface area contributed by atoms with Crippen molar-refractivity contribution in [2.75, 3.05) is 20.3 Å². The molecule has 0 spiro atoms. The minimum Gasteiger partial charge on any atom is -0.396 e. The van der Waals surface area contributed by atoms with Crippen LogP contribution in [0.2, 0.25) is 0 Å². The van der Waals surface area contributed by atoms with Crippen LogP contribution < -0.4 is 0 Å². The van der Waals surface area contributed by atoms with Crippen LogP contribution in [0.4, 0.5) is 8.78 Å². The van der Waals surface area contributed by atoms with E-state index in [4.69, 9.17) is 5.11 Å². The van der Waals surface area contributed by atoms with Crippen LogP contribution >= 0.6 is 0 Å². The summed E-state index contributed by atoms with van der Waals surface area (Å²) in [5, 5.41) is 9.03. The number of methoxy groups -OCH3 is 1. The SMILES string of the molecule is COCC(F)(F)C(CO)C1=CCCC=C1.